The smallest absolute Gasteiger partial charge is 0.265 e. The molecular weight excluding hydrogens is 315 g/mol. The number of nitrogens with zero attached hydrogens (tertiary/aromatic N) is 2. The van der Waals surface area contributed by atoms with Crippen LogP contribution in [0.3, 0.4) is 0 Å². The number of benzene rings is 1. The Morgan fingerprint density at radius 1 is 1.43 bits per heavy atom. The lowest BCUT2D eigenvalue weighted by molar-refractivity contribution is 0.0638. The molecule has 1 saturated heterocycles. The number of rotatable bonds is 4. The zero-order valence-corrected chi connectivity index (χ0v) is 13.8. The van der Waals surface area contributed by atoms with Crippen molar-refractivity contribution in [2.75, 3.05) is 19.7 Å². The van der Waals surface area contributed by atoms with Crippen LogP contribution in [-0.2, 0) is 0 Å². The molecule has 0 N–H and O–H groups in total. The minimum atomic E-state index is -0.272. The second-order valence-electron chi connectivity index (χ2n) is 5.77. The van der Waals surface area contributed by atoms with Crippen LogP contribution in [0.5, 0.6) is 5.75 Å². The molecule has 1 aromatic heterocycles. The molecule has 0 saturated carbocycles. The second kappa shape index (κ2) is 7.08. The number of thiazole rings is 1. The second-order valence-corrected chi connectivity index (χ2v) is 7.00. The number of amides is 1. The van der Waals surface area contributed by atoms with Crippen molar-refractivity contribution in [3.8, 4) is 5.75 Å². The Labute approximate surface area is 138 Å². The van der Waals surface area contributed by atoms with Crippen LogP contribution in [0.2, 0.25) is 0 Å². The van der Waals surface area contributed by atoms with Gasteiger partial charge in [-0.05, 0) is 44.0 Å². The average molecular weight is 334 g/mol. The highest BCUT2D eigenvalue weighted by molar-refractivity contribution is 7.13. The summed E-state index contributed by atoms with van der Waals surface area (Å²) < 4.78 is 18.6. The monoisotopic (exact) mass is 334 g/mol. The van der Waals surface area contributed by atoms with E-state index < -0.39 is 0 Å². The maximum absolute atomic E-state index is 12.9. The van der Waals surface area contributed by atoms with Crippen LogP contribution in [-0.4, -0.2) is 35.5 Å². The zero-order valence-electron chi connectivity index (χ0n) is 13.0. The molecule has 1 aromatic carbocycles. The van der Waals surface area contributed by atoms with Gasteiger partial charge in [-0.2, -0.15) is 0 Å². The standard InChI is InChI=1S/C17H19FN2O2S/c1-12-19-9-16(23-12)17(21)20-8-2-3-13(10-20)11-22-15-6-4-14(18)5-7-15/h4-7,9,13H,2-3,8,10-11H2,1H3. The molecule has 1 aliphatic rings. The fourth-order valence-corrected chi connectivity index (χ4v) is 3.49. The van der Waals surface area contributed by atoms with E-state index in [2.05, 4.69) is 4.98 Å². The van der Waals surface area contributed by atoms with Crippen molar-refractivity contribution in [1.82, 2.24) is 9.88 Å². The summed E-state index contributed by atoms with van der Waals surface area (Å²) in [5.74, 6) is 0.744. The summed E-state index contributed by atoms with van der Waals surface area (Å²) in [6.07, 6.45) is 3.66. The van der Waals surface area contributed by atoms with Crippen molar-refractivity contribution < 1.29 is 13.9 Å². The molecule has 4 nitrogen and oxygen atoms in total. The van der Waals surface area contributed by atoms with Gasteiger partial charge in [0.25, 0.3) is 5.91 Å². The molecule has 0 radical (unpaired) electrons. The summed E-state index contributed by atoms with van der Waals surface area (Å²) in [6, 6.07) is 6.03. The van der Waals surface area contributed by atoms with Crippen LogP contribution in [0.25, 0.3) is 0 Å². The third kappa shape index (κ3) is 4.07. The highest BCUT2D eigenvalue weighted by Crippen LogP contribution is 2.22. The van der Waals surface area contributed by atoms with E-state index in [0.29, 0.717) is 29.7 Å². The van der Waals surface area contributed by atoms with Gasteiger partial charge in [-0.3, -0.25) is 4.79 Å². The highest BCUT2D eigenvalue weighted by Gasteiger charge is 2.26. The molecule has 1 amide bonds. The van der Waals surface area contributed by atoms with E-state index in [1.165, 1.54) is 23.5 Å². The molecule has 1 fully saturated rings. The molecule has 0 aliphatic carbocycles. The first-order valence-corrected chi connectivity index (χ1v) is 8.53. The summed E-state index contributed by atoms with van der Waals surface area (Å²) in [5, 5.41) is 0.904. The maximum Gasteiger partial charge on any atom is 0.265 e. The lowest BCUT2D eigenvalue weighted by atomic mass is 9.99. The van der Waals surface area contributed by atoms with Gasteiger partial charge in [-0.25, -0.2) is 9.37 Å². The van der Waals surface area contributed by atoms with Crippen LogP contribution in [0.15, 0.2) is 30.5 Å². The largest absolute Gasteiger partial charge is 0.493 e. The molecule has 0 bridgehead atoms. The number of likely N-dealkylation sites (tertiary alicyclic amines) is 1. The van der Waals surface area contributed by atoms with E-state index in [0.717, 1.165) is 24.4 Å². The van der Waals surface area contributed by atoms with Gasteiger partial charge in [0, 0.05) is 19.0 Å². The van der Waals surface area contributed by atoms with Gasteiger partial charge >= 0.3 is 0 Å². The summed E-state index contributed by atoms with van der Waals surface area (Å²) >= 11 is 1.43. The highest BCUT2D eigenvalue weighted by atomic mass is 32.1. The number of carbonyl (C=O) groups is 1. The number of ether oxygens (including phenoxy) is 1. The van der Waals surface area contributed by atoms with Gasteiger partial charge in [0.05, 0.1) is 17.8 Å². The first kappa shape index (κ1) is 15.9. The van der Waals surface area contributed by atoms with Crippen molar-refractivity contribution in [3.05, 3.63) is 46.2 Å². The maximum atomic E-state index is 12.9. The summed E-state index contributed by atoms with van der Waals surface area (Å²) in [7, 11) is 0. The van der Waals surface area contributed by atoms with Crippen molar-refractivity contribution in [1.29, 1.82) is 0 Å². The van der Waals surface area contributed by atoms with Crippen LogP contribution in [0.4, 0.5) is 4.39 Å². The molecular formula is C17H19FN2O2S. The lowest BCUT2D eigenvalue weighted by Crippen LogP contribution is -2.41. The molecule has 2 aromatic rings. The van der Waals surface area contributed by atoms with Crippen molar-refractivity contribution in [2.24, 2.45) is 5.92 Å². The predicted octanol–water partition coefficient (Wildman–Crippen LogP) is 3.52. The minimum absolute atomic E-state index is 0.0575. The zero-order chi connectivity index (χ0) is 16.2. The van der Waals surface area contributed by atoms with E-state index in [1.807, 2.05) is 11.8 Å². The van der Waals surface area contributed by atoms with Crippen LogP contribution in [0, 0.1) is 18.7 Å². The van der Waals surface area contributed by atoms with Crippen molar-refractivity contribution in [3.63, 3.8) is 0 Å². The molecule has 6 heteroatoms. The Morgan fingerprint density at radius 2 is 2.22 bits per heavy atom. The average Bonchev–Trinajstić information content (AvgIpc) is 3.00. The Balaban J connectivity index is 1.55. The number of aryl methyl sites for hydroxylation is 1. The molecule has 1 unspecified atom stereocenters. The Bertz CT molecular complexity index is 671. The fourth-order valence-electron chi connectivity index (χ4n) is 2.75. The van der Waals surface area contributed by atoms with Gasteiger partial charge < -0.3 is 9.64 Å². The third-order valence-corrected chi connectivity index (χ3v) is 4.84. The van der Waals surface area contributed by atoms with Crippen molar-refractivity contribution >= 4 is 17.2 Å². The Morgan fingerprint density at radius 3 is 2.91 bits per heavy atom. The first-order chi connectivity index (χ1) is 11.1. The number of hydrogen-bond acceptors (Lipinski definition) is 4. The summed E-state index contributed by atoms with van der Waals surface area (Å²) in [4.78, 5) is 19.2. The van der Waals surface area contributed by atoms with Gasteiger partial charge in [-0.15, -0.1) is 11.3 Å². The van der Waals surface area contributed by atoms with Gasteiger partial charge in [-0.1, -0.05) is 0 Å². The quantitative estimate of drug-likeness (QED) is 0.859. The molecule has 122 valence electrons. The third-order valence-electron chi connectivity index (χ3n) is 3.94. The van der Waals surface area contributed by atoms with E-state index in [-0.39, 0.29) is 11.7 Å². The van der Waals surface area contributed by atoms with E-state index >= 15 is 0 Å². The SMILES string of the molecule is Cc1ncc(C(=O)N2CCCC(COc3ccc(F)cc3)C2)s1. The molecule has 23 heavy (non-hydrogen) atoms. The number of piperidine rings is 1. The molecule has 3 rings (SSSR count). The molecule has 0 spiro atoms. The van der Waals surface area contributed by atoms with E-state index in [1.54, 1.807) is 18.3 Å². The molecule has 2 heterocycles. The Kier molecular flexibility index (Phi) is 4.91. The predicted molar refractivity (Wildman–Crippen MR) is 87.4 cm³/mol. The van der Waals surface area contributed by atoms with Crippen molar-refractivity contribution in [2.45, 2.75) is 19.8 Å². The number of hydrogen-bond donors (Lipinski definition) is 0. The van der Waals surface area contributed by atoms with Gasteiger partial charge in [0.1, 0.15) is 16.4 Å². The summed E-state index contributed by atoms with van der Waals surface area (Å²) in [6.45, 7) is 3.91. The Hall–Kier alpha value is -1.95. The number of carbonyl (C=O) groups excluding carboxylic acids is 1. The lowest BCUT2D eigenvalue weighted by Gasteiger charge is -2.32. The summed E-state index contributed by atoms with van der Waals surface area (Å²) in [5.41, 5.74) is 0. The van der Waals surface area contributed by atoms with Gasteiger partial charge in [0.15, 0.2) is 0 Å². The molecule has 1 atom stereocenters. The van der Waals surface area contributed by atoms with Crippen LogP contribution >= 0.6 is 11.3 Å². The van der Waals surface area contributed by atoms with Crippen LogP contribution < -0.4 is 4.74 Å². The van der Waals surface area contributed by atoms with E-state index in [9.17, 15) is 9.18 Å². The van der Waals surface area contributed by atoms with Gasteiger partial charge in [0.2, 0.25) is 0 Å². The normalized spacial score (nSPS) is 18.0. The first-order valence-electron chi connectivity index (χ1n) is 7.72. The molecule has 1 aliphatic heterocycles. The minimum Gasteiger partial charge on any atom is -0.493 e. The van der Waals surface area contributed by atoms with E-state index in [4.69, 9.17) is 4.74 Å². The number of halogens is 1. The fraction of sp³-hybridized carbons (Fsp3) is 0.412. The number of aromatic nitrogens is 1. The van der Waals surface area contributed by atoms with Crippen LogP contribution in [0.1, 0.15) is 27.5 Å². The topological polar surface area (TPSA) is 42.4 Å².